The van der Waals surface area contributed by atoms with E-state index in [0.717, 1.165) is 15.7 Å². The lowest BCUT2D eigenvalue weighted by molar-refractivity contribution is 0.101. The van der Waals surface area contributed by atoms with Crippen LogP contribution in [0.5, 0.6) is 0 Å². The van der Waals surface area contributed by atoms with Gasteiger partial charge in [0.2, 0.25) is 0 Å². The SMILES string of the molecule is Cn1c(C(=O)Nc2nc(-c3ccc(Br)cc3)cs2)cc2c(F)cccc21. The van der Waals surface area contributed by atoms with Gasteiger partial charge < -0.3 is 4.57 Å². The Balaban J connectivity index is 1.60. The molecule has 1 amide bonds. The Labute approximate surface area is 161 Å². The van der Waals surface area contributed by atoms with Gasteiger partial charge in [-0.3, -0.25) is 10.1 Å². The highest BCUT2D eigenvalue weighted by atomic mass is 79.9. The Hall–Kier alpha value is -2.51. The molecule has 0 aliphatic rings. The molecule has 130 valence electrons. The van der Waals surface area contributed by atoms with Gasteiger partial charge in [-0.1, -0.05) is 34.1 Å². The third-order valence-electron chi connectivity index (χ3n) is 4.13. The number of aryl methyl sites for hydroxylation is 1. The Morgan fingerprint density at radius 2 is 2.00 bits per heavy atom. The van der Waals surface area contributed by atoms with E-state index in [0.29, 0.717) is 21.7 Å². The molecule has 4 nitrogen and oxygen atoms in total. The number of thiazole rings is 1. The summed E-state index contributed by atoms with van der Waals surface area (Å²) >= 11 is 4.75. The number of hydrogen-bond donors (Lipinski definition) is 1. The first-order valence-corrected chi connectivity index (χ1v) is 9.47. The highest BCUT2D eigenvalue weighted by Crippen LogP contribution is 2.27. The van der Waals surface area contributed by atoms with E-state index in [1.807, 2.05) is 29.6 Å². The smallest absolute Gasteiger partial charge is 0.274 e. The maximum Gasteiger partial charge on any atom is 0.274 e. The second-order valence-corrected chi connectivity index (χ2v) is 7.53. The molecule has 4 rings (SSSR count). The molecule has 0 unspecified atom stereocenters. The first-order chi connectivity index (χ1) is 12.5. The standard InChI is InChI=1S/C19H13BrFN3OS/c1-24-16-4-2-3-14(21)13(16)9-17(24)18(25)23-19-22-15(10-26-19)11-5-7-12(20)8-6-11/h2-10H,1H3,(H,22,23,25). The van der Waals surface area contributed by atoms with Crippen LogP contribution in [0.2, 0.25) is 0 Å². The minimum atomic E-state index is -0.344. The number of carbonyl (C=O) groups excluding carboxylic acids is 1. The van der Waals surface area contributed by atoms with Gasteiger partial charge in [0.1, 0.15) is 11.5 Å². The summed E-state index contributed by atoms with van der Waals surface area (Å²) in [6.07, 6.45) is 0. The van der Waals surface area contributed by atoms with Crippen molar-refractivity contribution in [2.24, 2.45) is 7.05 Å². The molecule has 2 aromatic carbocycles. The van der Waals surface area contributed by atoms with Crippen molar-refractivity contribution in [3.8, 4) is 11.3 Å². The van der Waals surface area contributed by atoms with Gasteiger partial charge >= 0.3 is 0 Å². The maximum absolute atomic E-state index is 13.9. The van der Waals surface area contributed by atoms with Crippen molar-refractivity contribution in [3.05, 3.63) is 69.9 Å². The lowest BCUT2D eigenvalue weighted by atomic mass is 10.2. The molecule has 0 spiro atoms. The van der Waals surface area contributed by atoms with E-state index in [1.165, 1.54) is 17.4 Å². The summed E-state index contributed by atoms with van der Waals surface area (Å²) in [4.78, 5) is 17.1. The van der Waals surface area contributed by atoms with Gasteiger partial charge in [0.05, 0.1) is 11.2 Å². The number of carbonyl (C=O) groups is 1. The molecule has 2 aromatic heterocycles. The van der Waals surface area contributed by atoms with Crippen LogP contribution < -0.4 is 5.32 Å². The zero-order valence-electron chi connectivity index (χ0n) is 13.7. The van der Waals surface area contributed by atoms with Gasteiger partial charge in [0.25, 0.3) is 5.91 Å². The highest BCUT2D eigenvalue weighted by molar-refractivity contribution is 9.10. The molecule has 0 fully saturated rings. The van der Waals surface area contributed by atoms with Crippen molar-refractivity contribution in [2.45, 2.75) is 0 Å². The molecule has 4 aromatic rings. The highest BCUT2D eigenvalue weighted by Gasteiger charge is 2.17. The van der Waals surface area contributed by atoms with Gasteiger partial charge in [0, 0.05) is 27.9 Å². The van der Waals surface area contributed by atoms with Gasteiger partial charge in [-0.15, -0.1) is 11.3 Å². The van der Waals surface area contributed by atoms with Crippen molar-refractivity contribution in [3.63, 3.8) is 0 Å². The van der Waals surface area contributed by atoms with Crippen molar-refractivity contribution < 1.29 is 9.18 Å². The Morgan fingerprint density at radius 3 is 2.73 bits per heavy atom. The van der Waals surface area contributed by atoms with E-state index in [9.17, 15) is 9.18 Å². The van der Waals surface area contributed by atoms with Crippen molar-refractivity contribution in [1.82, 2.24) is 9.55 Å². The van der Waals surface area contributed by atoms with Crippen molar-refractivity contribution in [1.29, 1.82) is 0 Å². The summed E-state index contributed by atoms with van der Waals surface area (Å²) in [7, 11) is 1.74. The molecule has 0 atom stereocenters. The third kappa shape index (κ3) is 3.04. The predicted octanol–water partition coefficient (Wildman–Crippen LogP) is 5.46. The molecule has 0 radical (unpaired) electrons. The molecule has 0 saturated heterocycles. The summed E-state index contributed by atoms with van der Waals surface area (Å²) in [5.41, 5.74) is 2.81. The zero-order valence-corrected chi connectivity index (χ0v) is 16.1. The van der Waals surface area contributed by atoms with Gasteiger partial charge in [-0.2, -0.15) is 0 Å². The van der Waals surface area contributed by atoms with Crippen LogP contribution in [0.3, 0.4) is 0 Å². The summed E-state index contributed by atoms with van der Waals surface area (Å²) in [5.74, 6) is -0.663. The van der Waals surface area contributed by atoms with Crippen LogP contribution in [0.1, 0.15) is 10.5 Å². The molecule has 0 saturated carbocycles. The number of nitrogens with one attached hydrogen (secondary N) is 1. The average Bonchev–Trinajstić information content (AvgIpc) is 3.22. The first kappa shape index (κ1) is 16.9. The fraction of sp³-hybridized carbons (Fsp3) is 0.0526. The zero-order chi connectivity index (χ0) is 18.3. The summed E-state index contributed by atoms with van der Waals surface area (Å²) in [6.45, 7) is 0. The largest absolute Gasteiger partial charge is 0.340 e. The number of amides is 1. The predicted molar refractivity (Wildman–Crippen MR) is 106 cm³/mol. The van der Waals surface area contributed by atoms with Crippen LogP contribution in [-0.4, -0.2) is 15.5 Å². The fourth-order valence-corrected chi connectivity index (χ4v) is 3.77. The number of anilines is 1. The topological polar surface area (TPSA) is 46.9 Å². The minimum Gasteiger partial charge on any atom is -0.340 e. The summed E-state index contributed by atoms with van der Waals surface area (Å²) in [5, 5.41) is 5.61. The van der Waals surface area contributed by atoms with E-state index in [4.69, 9.17) is 0 Å². The molecule has 0 bridgehead atoms. The number of hydrogen-bond acceptors (Lipinski definition) is 3. The monoisotopic (exact) mass is 429 g/mol. The molecule has 26 heavy (non-hydrogen) atoms. The van der Waals surface area contributed by atoms with Crippen LogP contribution in [0.25, 0.3) is 22.2 Å². The van der Waals surface area contributed by atoms with Crippen molar-refractivity contribution in [2.75, 3.05) is 5.32 Å². The number of nitrogens with zero attached hydrogens (tertiary/aromatic N) is 2. The Kier molecular flexibility index (Phi) is 4.34. The van der Waals surface area contributed by atoms with Crippen LogP contribution in [-0.2, 0) is 7.05 Å². The summed E-state index contributed by atoms with van der Waals surface area (Å²) < 4.78 is 16.6. The molecular weight excluding hydrogens is 417 g/mol. The van der Waals surface area contributed by atoms with Crippen LogP contribution >= 0.6 is 27.3 Å². The minimum absolute atomic E-state index is 0.320. The first-order valence-electron chi connectivity index (χ1n) is 7.79. The van der Waals surface area contributed by atoms with E-state index in [-0.39, 0.29) is 11.7 Å². The normalized spacial score (nSPS) is 11.0. The molecular formula is C19H13BrFN3OS. The lowest BCUT2D eigenvalue weighted by Gasteiger charge is -2.04. The molecule has 1 N–H and O–H groups in total. The third-order valence-corrected chi connectivity index (χ3v) is 5.42. The second kappa shape index (κ2) is 6.66. The van der Waals surface area contributed by atoms with Crippen LogP contribution in [0.15, 0.2) is 58.4 Å². The van der Waals surface area contributed by atoms with Crippen LogP contribution in [0, 0.1) is 5.82 Å². The van der Waals surface area contributed by atoms with E-state index in [1.54, 1.807) is 29.8 Å². The van der Waals surface area contributed by atoms with Gasteiger partial charge in [-0.05, 0) is 30.3 Å². The maximum atomic E-state index is 13.9. The molecule has 0 aliphatic heterocycles. The molecule has 0 aliphatic carbocycles. The van der Waals surface area contributed by atoms with E-state index < -0.39 is 0 Å². The Bertz CT molecular complexity index is 1120. The van der Waals surface area contributed by atoms with Crippen LogP contribution in [0.4, 0.5) is 9.52 Å². The van der Waals surface area contributed by atoms with Gasteiger partial charge in [-0.25, -0.2) is 9.37 Å². The number of fused-ring (bicyclic) bond motifs is 1. The molecule has 2 heterocycles. The fourth-order valence-electron chi connectivity index (χ4n) is 2.79. The summed E-state index contributed by atoms with van der Waals surface area (Å²) in [6, 6.07) is 14.1. The molecule has 7 heteroatoms. The number of benzene rings is 2. The number of halogens is 2. The number of aromatic nitrogens is 2. The number of rotatable bonds is 3. The van der Waals surface area contributed by atoms with E-state index >= 15 is 0 Å². The van der Waals surface area contributed by atoms with Crippen molar-refractivity contribution >= 4 is 49.2 Å². The average molecular weight is 430 g/mol. The lowest BCUT2D eigenvalue weighted by Crippen LogP contribution is -2.15. The van der Waals surface area contributed by atoms with Gasteiger partial charge in [0.15, 0.2) is 5.13 Å². The second-order valence-electron chi connectivity index (χ2n) is 5.76. The Morgan fingerprint density at radius 1 is 1.23 bits per heavy atom. The van der Waals surface area contributed by atoms with E-state index in [2.05, 4.69) is 26.2 Å². The quantitative estimate of drug-likeness (QED) is 0.470.